The fourth-order valence-corrected chi connectivity index (χ4v) is 1.45. The third-order valence-corrected chi connectivity index (χ3v) is 2.62. The molecule has 88 valence electrons. The fraction of sp³-hybridized carbons (Fsp3) is 0.333. The van der Waals surface area contributed by atoms with E-state index in [0.29, 0.717) is 23.7 Å². The lowest BCUT2D eigenvalue weighted by molar-refractivity contribution is 0.0956. The summed E-state index contributed by atoms with van der Waals surface area (Å²) in [4.78, 5) is 15.5. The standard InChI is InChI=1S/C9H14N4O2S/c1-16(15)5-4-12-9(14)7-2-3-11-8(6-7)13-10/h2-3,6H,4-5,10H2,1H3,(H,11,13)(H,12,14). The van der Waals surface area contributed by atoms with Gasteiger partial charge in [0.2, 0.25) is 0 Å². The molecule has 4 N–H and O–H groups in total. The van der Waals surface area contributed by atoms with Crippen molar-refractivity contribution in [2.24, 2.45) is 5.84 Å². The number of pyridine rings is 1. The van der Waals surface area contributed by atoms with E-state index >= 15 is 0 Å². The quantitative estimate of drug-likeness (QED) is 0.476. The number of aromatic nitrogens is 1. The predicted octanol–water partition coefficient (Wildman–Crippen LogP) is -0.524. The number of anilines is 1. The maximum Gasteiger partial charge on any atom is 0.251 e. The first-order valence-electron chi connectivity index (χ1n) is 4.64. The van der Waals surface area contributed by atoms with Gasteiger partial charge < -0.3 is 10.7 Å². The lowest BCUT2D eigenvalue weighted by Gasteiger charge is -2.05. The topological polar surface area (TPSA) is 97.1 Å². The summed E-state index contributed by atoms with van der Waals surface area (Å²) >= 11 is 0. The number of carbonyl (C=O) groups is 1. The molecule has 0 saturated carbocycles. The van der Waals surface area contributed by atoms with Crippen molar-refractivity contribution in [3.8, 4) is 0 Å². The molecule has 0 bridgehead atoms. The second kappa shape index (κ2) is 6.19. The van der Waals surface area contributed by atoms with Gasteiger partial charge in [-0.05, 0) is 12.1 Å². The summed E-state index contributed by atoms with van der Waals surface area (Å²) < 4.78 is 10.8. The van der Waals surface area contributed by atoms with Gasteiger partial charge in [0.05, 0.1) is 0 Å². The first-order valence-corrected chi connectivity index (χ1v) is 6.37. The minimum atomic E-state index is -0.904. The number of nitrogens with zero attached hydrogens (tertiary/aromatic N) is 1. The summed E-state index contributed by atoms with van der Waals surface area (Å²) in [6, 6.07) is 3.12. The maximum atomic E-state index is 11.6. The van der Waals surface area contributed by atoms with Crippen molar-refractivity contribution in [2.45, 2.75) is 0 Å². The number of hydrogen-bond donors (Lipinski definition) is 3. The van der Waals surface area contributed by atoms with E-state index in [4.69, 9.17) is 5.84 Å². The van der Waals surface area contributed by atoms with E-state index in [0.717, 1.165) is 0 Å². The molecule has 6 nitrogen and oxygen atoms in total. The number of nitrogen functional groups attached to an aromatic ring is 1. The molecule has 0 aliphatic carbocycles. The van der Waals surface area contributed by atoms with Gasteiger partial charge in [0.15, 0.2) is 0 Å². The summed E-state index contributed by atoms with van der Waals surface area (Å²) in [5.74, 6) is 5.81. The van der Waals surface area contributed by atoms with Crippen LogP contribution in [0, 0.1) is 0 Å². The molecular formula is C9H14N4O2S. The zero-order valence-electron chi connectivity index (χ0n) is 8.90. The van der Waals surface area contributed by atoms with Crippen molar-refractivity contribution in [3.63, 3.8) is 0 Å². The second-order valence-corrected chi connectivity index (χ2v) is 4.66. The lowest BCUT2D eigenvalue weighted by atomic mass is 10.2. The molecule has 0 fully saturated rings. The van der Waals surface area contributed by atoms with E-state index in [1.807, 2.05) is 0 Å². The van der Waals surface area contributed by atoms with Crippen LogP contribution in [-0.2, 0) is 10.8 Å². The zero-order valence-corrected chi connectivity index (χ0v) is 9.71. The van der Waals surface area contributed by atoms with Crippen LogP contribution >= 0.6 is 0 Å². The Morgan fingerprint density at radius 2 is 2.38 bits per heavy atom. The lowest BCUT2D eigenvalue weighted by Crippen LogP contribution is -2.27. The molecule has 7 heteroatoms. The molecule has 0 saturated heterocycles. The SMILES string of the molecule is CS(=O)CCNC(=O)c1ccnc(NN)c1. The van der Waals surface area contributed by atoms with Gasteiger partial charge in [-0.3, -0.25) is 9.00 Å². The third kappa shape index (κ3) is 3.95. The first-order chi connectivity index (χ1) is 7.63. The van der Waals surface area contributed by atoms with Crippen molar-refractivity contribution in [3.05, 3.63) is 23.9 Å². The summed E-state index contributed by atoms with van der Waals surface area (Å²) in [5.41, 5.74) is 2.82. The van der Waals surface area contributed by atoms with E-state index in [1.165, 1.54) is 12.3 Å². The van der Waals surface area contributed by atoms with Crippen molar-refractivity contribution in [1.29, 1.82) is 0 Å². The van der Waals surface area contributed by atoms with Crippen molar-refractivity contribution in [1.82, 2.24) is 10.3 Å². The predicted molar refractivity (Wildman–Crippen MR) is 63.3 cm³/mol. The molecule has 1 atom stereocenters. The average molecular weight is 242 g/mol. The molecule has 1 heterocycles. The number of rotatable bonds is 5. The molecule has 0 spiro atoms. The monoisotopic (exact) mass is 242 g/mol. The summed E-state index contributed by atoms with van der Waals surface area (Å²) in [5, 5.41) is 2.65. The highest BCUT2D eigenvalue weighted by molar-refractivity contribution is 7.84. The summed E-state index contributed by atoms with van der Waals surface area (Å²) in [6.07, 6.45) is 3.08. The van der Waals surface area contributed by atoms with Crippen LogP contribution in [0.3, 0.4) is 0 Å². The Morgan fingerprint density at radius 3 is 3.00 bits per heavy atom. The molecular weight excluding hydrogens is 228 g/mol. The molecule has 1 amide bonds. The Labute approximate surface area is 96.1 Å². The molecule has 1 aromatic heterocycles. The minimum Gasteiger partial charge on any atom is -0.351 e. The molecule has 1 rings (SSSR count). The van der Waals surface area contributed by atoms with Crippen LogP contribution in [0.2, 0.25) is 0 Å². The average Bonchev–Trinajstić information content (AvgIpc) is 2.28. The fourth-order valence-electron chi connectivity index (χ4n) is 1.06. The van der Waals surface area contributed by atoms with E-state index in [9.17, 15) is 9.00 Å². The molecule has 0 aliphatic rings. The Bertz CT molecular complexity index is 397. The number of carbonyl (C=O) groups excluding carboxylic acids is 1. The smallest absolute Gasteiger partial charge is 0.251 e. The highest BCUT2D eigenvalue weighted by atomic mass is 32.2. The van der Waals surface area contributed by atoms with Crippen LogP contribution in [0.5, 0.6) is 0 Å². The second-order valence-electron chi connectivity index (χ2n) is 3.11. The van der Waals surface area contributed by atoms with Crippen molar-refractivity contribution >= 4 is 22.5 Å². The number of hydrazine groups is 1. The highest BCUT2D eigenvalue weighted by Gasteiger charge is 2.05. The Morgan fingerprint density at radius 1 is 1.62 bits per heavy atom. The highest BCUT2D eigenvalue weighted by Crippen LogP contribution is 2.04. The van der Waals surface area contributed by atoms with Crippen LogP contribution in [0.25, 0.3) is 0 Å². The molecule has 1 unspecified atom stereocenters. The maximum absolute atomic E-state index is 11.6. The van der Waals surface area contributed by atoms with Crippen LogP contribution in [0.15, 0.2) is 18.3 Å². The minimum absolute atomic E-state index is 0.232. The van der Waals surface area contributed by atoms with E-state index in [-0.39, 0.29) is 5.91 Å². The Hall–Kier alpha value is -1.47. The van der Waals surface area contributed by atoms with Crippen LogP contribution < -0.4 is 16.6 Å². The van der Waals surface area contributed by atoms with Crippen LogP contribution in [0.4, 0.5) is 5.82 Å². The van der Waals surface area contributed by atoms with Gasteiger partial charge in [-0.15, -0.1) is 0 Å². The van der Waals surface area contributed by atoms with Gasteiger partial charge in [0.25, 0.3) is 5.91 Å². The van der Waals surface area contributed by atoms with E-state index < -0.39 is 10.8 Å². The van der Waals surface area contributed by atoms with Gasteiger partial charge >= 0.3 is 0 Å². The number of hydrogen-bond acceptors (Lipinski definition) is 5. The largest absolute Gasteiger partial charge is 0.351 e. The molecule has 0 aliphatic heterocycles. The van der Waals surface area contributed by atoms with E-state index in [1.54, 1.807) is 12.3 Å². The molecule has 0 radical (unpaired) electrons. The first kappa shape index (κ1) is 12.6. The number of nitrogens with one attached hydrogen (secondary N) is 2. The third-order valence-electron chi connectivity index (χ3n) is 1.85. The van der Waals surface area contributed by atoms with Crippen LogP contribution in [-0.4, -0.2) is 33.7 Å². The molecule has 1 aromatic rings. The number of amides is 1. The van der Waals surface area contributed by atoms with Crippen molar-refractivity contribution in [2.75, 3.05) is 24.0 Å². The van der Waals surface area contributed by atoms with Crippen molar-refractivity contribution < 1.29 is 9.00 Å². The zero-order chi connectivity index (χ0) is 12.0. The summed E-state index contributed by atoms with van der Waals surface area (Å²) in [6.45, 7) is 0.385. The number of nitrogens with two attached hydrogens (primary N) is 1. The van der Waals surface area contributed by atoms with E-state index in [2.05, 4.69) is 15.7 Å². The Balaban J connectivity index is 2.55. The van der Waals surface area contributed by atoms with Crippen LogP contribution in [0.1, 0.15) is 10.4 Å². The van der Waals surface area contributed by atoms with Gasteiger partial charge in [0, 0.05) is 41.1 Å². The van der Waals surface area contributed by atoms with Gasteiger partial charge in [-0.2, -0.15) is 0 Å². The molecule has 16 heavy (non-hydrogen) atoms. The van der Waals surface area contributed by atoms with Gasteiger partial charge in [-0.25, -0.2) is 10.8 Å². The summed E-state index contributed by atoms with van der Waals surface area (Å²) in [7, 11) is -0.904. The van der Waals surface area contributed by atoms with Gasteiger partial charge in [0.1, 0.15) is 5.82 Å². The normalized spacial score (nSPS) is 11.9. The van der Waals surface area contributed by atoms with Gasteiger partial charge in [-0.1, -0.05) is 0 Å². The molecule has 0 aromatic carbocycles. The Kier molecular flexibility index (Phi) is 4.87.